The van der Waals surface area contributed by atoms with Gasteiger partial charge in [-0.1, -0.05) is 43.7 Å². The Bertz CT molecular complexity index is 787. The molecule has 1 aromatic heterocycles. The second-order valence-corrected chi connectivity index (χ2v) is 9.02. The lowest BCUT2D eigenvalue weighted by Gasteiger charge is -2.32. The maximum absolute atomic E-state index is 6.38. The molecule has 0 N–H and O–H groups in total. The first-order valence-electron chi connectivity index (χ1n) is 10.2. The van der Waals surface area contributed by atoms with E-state index >= 15 is 0 Å². The van der Waals surface area contributed by atoms with E-state index in [-0.39, 0.29) is 0 Å². The molecule has 1 aliphatic carbocycles. The van der Waals surface area contributed by atoms with Gasteiger partial charge < -0.3 is 4.57 Å². The molecule has 1 aromatic carbocycles. The van der Waals surface area contributed by atoms with Gasteiger partial charge in [0.2, 0.25) is 0 Å². The third-order valence-corrected chi connectivity index (χ3v) is 7.50. The van der Waals surface area contributed by atoms with Gasteiger partial charge in [0.05, 0.1) is 0 Å². The molecular formula is C22H29ClN2. The predicted molar refractivity (Wildman–Crippen MR) is 105 cm³/mol. The minimum absolute atomic E-state index is 0.602. The van der Waals surface area contributed by atoms with Crippen molar-refractivity contribution in [2.75, 3.05) is 7.05 Å². The Morgan fingerprint density at radius 2 is 1.92 bits per heavy atom. The minimum Gasteiger partial charge on any atom is -0.344 e. The highest BCUT2D eigenvalue weighted by atomic mass is 35.5. The Kier molecular flexibility index (Phi) is 4.09. The first kappa shape index (κ1) is 16.2. The van der Waals surface area contributed by atoms with Crippen LogP contribution in [0.4, 0.5) is 0 Å². The average molecular weight is 357 g/mol. The number of nitrogens with zero attached hydrogens (tertiary/aromatic N) is 2. The van der Waals surface area contributed by atoms with Gasteiger partial charge in [-0.15, -0.1) is 0 Å². The van der Waals surface area contributed by atoms with Crippen LogP contribution in [-0.2, 0) is 13.0 Å². The van der Waals surface area contributed by atoms with Crippen molar-refractivity contribution in [3.8, 4) is 0 Å². The first-order valence-corrected chi connectivity index (χ1v) is 10.6. The van der Waals surface area contributed by atoms with E-state index < -0.39 is 0 Å². The topological polar surface area (TPSA) is 8.17 Å². The molecular weight excluding hydrogens is 328 g/mol. The normalized spacial score (nSPS) is 27.1. The summed E-state index contributed by atoms with van der Waals surface area (Å²) in [6.07, 6.45) is 12.5. The standard InChI is InChI=1S/C22H29ClN2/c1-24-17-8-10-20(24)22-18-13-16(23)7-9-19(18)25(21(22)14-17)12-11-15-5-3-2-4-6-15/h7,9,13,15,17,20H,2-6,8,10-12,14H2,1H3. The van der Waals surface area contributed by atoms with E-state index in [1.807, 2.05) is 0 Å². The van der Waals surface area contributed by atoms with Gasteiger partial charge in [-0.2, -0.15) is 0 Å². The van der Waals surface area contributed by atoms with Crippen LogP contribution in [0, 0.1) is 5.92 Å². The van der Waals surface area contributed by atoms with E-state index in [9.17, 15) is 0 Å². The molecule has 3 heteroatoms. The summed E-state index contributed by atoms with van der Waals surface area (Å²) in [5.41, 5.74) is 4.64. The molecule has 2 aromatic rings. The summed E-state index contributed by atoms with van der Waals surface area (Å²) < 4.78 is 2.67. The summed E-state index contributed by atoms with van der Waals surface area (Å²) >= 11 is 6.38. The van der Waals surface area contributed by atoms with Crippen molar-refractivity contribution in [1.82, 2.24) is 9.47 Å². The van der Waals surface area contributed by atoms with Crippen LogP contribution in [0.1, 0.15) is 68.7 Å². The largest absolute Gasteiger partial charge is 0.344 e. The van der Waals surface area contributed by atoms with Crippen molar-refractivity contribution in [1.29, 1.82) is 0 Å². The summed E-state index contributed by atoms with van der Waals surface area (Å²) in [7, 11) is 2.32. The highest BCUT2D eigenvalue weighted by Crippen LogP contribution is 2.47. The van der Waals surface area contributed by atoms with Crippen LogP contribution < -0.4 is 0 Å². The van der Waals surface area contributed by atoms with E-state index in [4.69, 9.17) is 11.6 Å². The van der Waals surface area contributed by atoms with Gasteiger partial charge >= 0.3 is 0 Å². The second kappa shape index (κ2) is 6.32. The molecule has 3 aliphatic rings. The maximum atomic E-state index is 6.38. The molecule has 1 saturated heterocycles. The first-order chi connectivity index (χ1) is 12.2. The highest BCUT2D eigenvalue weighted by molar-refractivity contribution is 6.31. The highest BCUT2D eigenvalue weighted by Gasteiger charge is 2.40. The lowest BCUT2D eigenvalue weighted by atomic mass is 9.87. The van der Waals surface area contributed by atoms with Gasteiger partial charge in [-0.25, -0.2) is 0 Å². The Labute approximate surface area is 156 Å². The molecule has 0 amide bonds. The molecule has 25 heavy (non-hydrogen) atoms. The van der Waals surface area contributed by atoms with E-state index in [1.54, 1.807) is 11.3 Å². The third kappa shape index (κ3) is 2.64. The quantitative estimate of drug-likeness (QED) is 0.659. The van der Waals surface area contributed by atoms with Gasteiger partial charge in [-0.05, 0) is 56.0 Å². The van der Waals surface area contributed by atoms with Crippen LogP contribution in [0.5, 0.6) is 0 Å². The molecule has 2 atom stereocenters. The van der Waals surface area contributed by atoms with Crippen LogP contribution >= 0.6 is 11.6 Å². The van der Waals surface area contributed by atoms with E-state index in [0.29, 0.717) is 6.04 Å². The van der Waals surface area contributed by atoms with E-state index in [2.05, 4.69) is 34.7 Å². The molecule has 2 unspecified atom stereocenters. The zero-order valence-electron chi connectivity index (χ0n) is 15.3. The van der Waals surface area contributed by atoms with Gasteiger partial charge in [0.1, 0.15) is 0 Å². The molecule has 3 heterocycles. The van der Waals surface area contributed by atoms with Gasteiger partial charge in [0.25, 0.3) is 0 Å². The second-order valence-electron chi connectivity index (χ2n) is 8.58. The lowest BCUT2D eigenvalue weighted by molar-refractivity contribution is 0.221. The summed E-state index contributed by atoms with van der Waals surface area (Å²) in [6.45, 7) is 1.20. The molecule has 2 nitrogen and oxygen atoms in total. The number of aryl methyl sites for hydroxylation is 1. The number of fused-ring (bicyclic) bond motifs is 6. The van der Waals surface area contributed by atoms with Crippen molar-refractivity contribution in [3.63, 3.8) is 0 Å². The van der Waals surface area contributed by atoms with Crippen LogP contribution in [0.3, 0.4) is 0 Å². The number of aromatic nitrogens is 1. The molecule has 5 rings (SSSR count). The van der Waals surface area contributed by atoms with Crippen molar-refractivity contribution in [3.05, 3.63) is 34.5 Å². The molecule has 2 aliphatic heterocycles. The SMILES string of the molecule is CN1C2CCC1c1c(n(CCC3CCCCC3)c3ccc(Cl)cc13)C2. The summed E-state index contributed by atoms with van der Waals surface area (Å²) in [5.74, 6) is 0.942. The van der Waals surface area contributed by atoms with Crippen molar-refractivity contribution < 1.29 is 0 Å². The molecule has 0 radical (unpaired) electrons. The van der Waals surface area contributed by atoms with Crippen LogP contribution in [0.15, 0.2) is 18.2 Å². The Hall–Kier alpha value is -0.990. The third-order valence-electron chi connectivity index (χ3n) is 7.27. The van der Waals surface area contributed by atoms with E-state index in [0.717, 1.165) is 17.0 Å². The number of halogens is 1. The fraction of sp³-hybridized carbons (Fsp3) is 0.636. The number of likely N-dealkylation sites (N-methyl/N-ethyl adjacent to an activating group) is 1. The molecule has 2 bridgehead atoms. The van der Waals surface area contributed by atoms with Crippen LogP contribution in [-0.4, -0.2) is 22.6 Å². The van der Waals surface area contributed by atoms with Gasteiger partial charge in [0, 0.05) is 46.7 Å². The number of rotatable bonds is 3. The maximum Gasteiger partial charge on any atom is 0.0487 e. The monoisotopic (exact) mass is 356 g/mol. The smallest absolute Gasteiger partial charge is 0.0487 e. The molecule has 0 spiro atoms. The van der Waals surface area contributed by atoms with Crippen molar-refractivity contribution in [2.24, 2.45) is 5.92 Å². The fourth-order valence-corrected chi connectivity index (χ4v) is 6.04. The summed E-state index contributed by atoms with van der Waals surface area (Å²) in [5, 5.41) is 2.30. The number of hydrogen-bond donors (Lipinski definition) is 0. The Morgan fingerprint density at radius 1 is 1.08 bits per heavy atom. The zero-order chi connectivity index (χ0) is 17.0. The number of benzene rings is 1. The molecule has 2 fully saturated rings. The summed E-state index contributed by atoms with van der Waals surface area (Å²) in [4.78, 5) is 2.62. The van der Waals surface area contributed by atoms with Crippen molar-refractivity contribution in [2.45, 2.75) is 76.4 Å². The molecule has 1 saturated carbocycles. The predicted octanol–water partition coefficient (Wildman–Crippen LogP) is 5.96. The average Bonchev–Trinajstić information content (AvgIpc) is 3.04. The fourth-order valence-electron chi connectivity index (χ4n) is 5.87. The van der Waals surface area contributed by atoms with E-state index in [1.165, 1.54) is 75.2 Å². The van der Waals surface area contributed by atoms with Crippen LogP contribution in [0.2, 0.25) is 5.02 Å². The van der Waals surface area contributed by atoms with Gasteiger partial charge in [0.15, 0.2) is 0 Å². The lowest BCUT2D eigenvalue weighted by Crippen LogP contribution is -2.34. The van der Waals surface area contributed by atoms with Crippen molar-refractivity contribution >= 4 is 22.5 Å². The minimum atomic E-state index is 0.602. The Morgan fingerprint density at radius 3 is 2.76 bits per heavy atom. The van der Waals surface area contributed by atoms with Crippen LogP contribution in [0.25, 0.3) is 10.9 Å². The molecule has 134 valence electrons. The van der Waals surface area contributed by atoms with Gasteiger partial charge in [-0.3, -0.25) is 4.90 Å². The summed E-state index contributed by atoms with van der Waals surface area (Å²) in [6, 6.07) is 7.91. The Balaban J connectivity index is 1.55. The number of hydrogen-bond acceptors (Lipinski definition) is 1. The zero-order valence-corrected chi connectivity index (χ0v) is 16.1.